The molecule has 3 fully saturated rings. The Labute approximate surface area is 261 Å². The van der Waals surface area contributed by atoms with Gasteiger partial charge in [-0.3, -0.25) is 24.3 Å². The Balaban J connectivity index is 1.33. The zero-order valence-electron chi connectivity index (χ0n) is 25.0. The highest BCUT2D eigenvalue weighted by molar-refractivity contribution is 7.80. The first-order valence-corrected chi connectivity index (χ1v) is 14.8. The van der Waals surface area contributed by atoms with Crippen LogP contribution in [0.5, 0.6) is 0 Å². The van der Waals surface area contributed by atoms with Crippen molar-refractivity contribution in [2.75, 3.05) is 51.3 Å². The minimum atomic E-state index is -4.86. The highest BCUT2D eigenvalue weighted by Crippen LogP contribution is 2.40. The van der Waals surface area contributed by atoms with E-state index in [1.165, 1.54) is 6.07 Å². The molecule has 0 bridgehead atoms. The third-order valence-corrected chi connectivity index (χ3v) is 8.93. The zero-order chi connectivity index (χ0) is 33.3. The number of thiocarbonyl (C=S) groups is 1. The van der Waals surface area contributed by atoms with Crippen LogP contribution < -0.4 is 4.90 Å². The van der Waals surface area contributed by atoms with Gasteiger partial charge in [0, 0.05) is 32.2 Å². The average molecular weight is 665 g/mol. The molecule has 3 aliphatic rings. The van der Waals surface area contributed by atoms with Gasteiger partial charge in [-0.05, 0) is 57.8 Å². The molecule has 2 saturated heterocycles. The number of hydrogen-bond donors (Lipinski definition) is 0. The summed E-state index contributed by atoms with van der Waals surface area (Å²) < 4.78 is 92.2. The number of amides is 1. The maximum atomic E-state index is 13.7. The Morgan fingerprint density at radius 3 is 2.40 bits per heavy atom. The highest BCUT2D eigenvalue weighted by Gasteiger charge is 2.53. The molecule has 4 rings (SSSR count). The van der Waals surface area contributed by atoms with Gasteiger partial charge < -0.3 is 14.4 Å². The van der Waals surface area contributed by atoms with Crippen LogP contribution in [0.25, 0.3) is 0 Å². The molecule has 45 heavy (non-hydrogen) atoms. The van der Waals surface area contributed by atoms with Gasteiger partial charge in [-0.25, -0.2) is 4.98 Å². The quantitative estimate of drug-likeness (QED) is 0.232. The summed E-state index contributed by atoms with van der Waals surface area (Å²) in [6.07, 6.45) is -6.20. The first kappa shape index (κ1) is 34.8. The molecule has 1 aromatic rings. The van der Waals surface area contributed by atoms with Crippen molar-refractivity contribution in [3.8, 4) is 6.07 Å². The molecule has 2 aliphatic heterocycles. The van der Waals surface area contributed by atoms with Gasteiger partial charge in [0.2, 0.25) is 0 Å². The van der Waals surface area contributed by atoms with Crippen molar-refractivity contribution in [3.63, 3.8) is 0 Å². The predicted octanol–water partition coefficient (Wildman–Crippen LogP) is 3.73. The molecule has 10 nitrogen and oxygen atoms in total. The van der Waals surface area contributed by atoms with Gasteiger partial charge in [-0.1, -0.05) is 0 Å². The summed E-state index contributed by atoms with van der Waals surface area (Å²) in [7, 11) is 1.13. The van der Waals surface area contributed by atoms with Crippen LogP contribution >= 0.6 is 12.2 Å². The SMILES string of the molecule is COC(=O)CN1CCN(CCOC2CCC(N3C(=S)N(c4cnc(C#N)c(C(F)(F)F)c4)C(=O)C3(C)C)CC2)C[C@@H]1C(F)(F)F. The third kappa shape index (κ3) is 7.50. The van der Waals surface area contributed by atoms with Gasteiger partial charge in [-0.15, -0.1) is 0 Å². The van der Waals surface area contributed by atoms with E-state index in [0.717, 1.165) is 23.1 Å². The number of esters is 1. The normalized spacial score (nSPS) is 25.0. The monoisotopic (exact) mass is 664 g/mol. The summed E-state index contributed by atoms with van der Waals surface area (Å²) in [5.41, 5.74) is -3.40. The van der Waals surface area contributed by atoms with E-state index < -0.39 is 53.6 Å². The van der Waals surface area contributed by atoms with Crippen LogP contribution in [0.15, 0.2) is 12.3 Å². The lowest BCUT2D eigenvalue weighted by atomic mass is 9.89. The van der Waals surface area contributed by atoms with Gasteiger partial charge in [0.1, 0.15) is 17.6 Å². The predicted molar refractivity (Wildman–Crippen MR) is 152 cm³/mol. The van der Waals surface area contributed by atoms with Crippen molar-refractivity contribution in [1.82, 2.24) is 19.7 Å². The Kier molecular flexibility index (Phi) is 10.3. The molecule has 1 amide bonds. The number of nitriles is 1. The topological polar surface area (TPSA) is 102 Å². The first-order valence-electron chi connectivity index (χ1n) is 14.4. The second kappa shape index (κ2) is 13.3. The van der Waals surface area contributed by atoms with E-state index in [2.05, 4.69) is 9.72 Å². The summed E-state index contributed by atoms with van der Waals surface area (Å²) in [6.45, 7) is 3.45. The Hall–Kier alpha value is -3.07. The van der Waals surface area contributed by atoms with Gasteiger partial charge in [0.15, 0.2) is 10.8 Å². The van der Waals surface area contributed by atoms with Crippen molar-refractivity contribution < 1.29 is 45.4 Å². The first-order chi connectivity index (χ1) is 21.0. The molecule has 0 radical (unpaired) electrons. The minimum absolute atomic E-state index is 0.0413. The lowest BCUT2D eigenvalue weighted by Gasteiger charge is -2.42. The van der Waals surface area contributed by atoms with E-state index in [1.807, 2.05) is 0 Å². The van der Waals surface area contributed by atoms with Crippen molar-refractivity contribution in [1.29, 1.82) is 5.26 Å². The molecule has 248 valence electrons. The van der Waals surface area contributed by atoms with Crippen LogP contribution in [0.1, 0.15) is 50.8 Å². The maximum Gasteiger partial charge on any atom is 0.419 e. The lowest BCUT2D eigenvalue weighted by molar-refractivity contribution is -0.199. The van der Waals surface area contributed by atoms with Crippen molar-refractivity contribution >= 4 is 34.9 Å². The molecule has 1 aliphatic carbocycles. The van der Waals surface area contributed by atoms with Gasteiger partial charge in [0.05, 0.1) is 43.8 Å². The third-order valence-electron chi connectivity index (χ3n) is 8.55. The Morgan fingerprint density at radius 1 is 1.16 bits per heavy atom. The number of halogens is 6. The van der Waals surface area contributed by atoms with E-state index in [9.17, 15) is 35.9 Å². The van der Waals surface area contributed by atoms with Crippen LogP contribution in [0, 0.1) is 11.3 Å². The molecule has 3 heterocycles. The fourth-order valence-corrected chi connectivity index (χ4v) is 6.73. The number of carbonyl (C=O) groups excluding carboxylic acids is 2. The standard InChI is InChI=1S/C28H34F6N6O4S/c1-26(2)24(42)39(18-12-20(27(29,30)31)21(13-35)36-14-18)25(45)40(26)17-4-6-19(7-5-17)44-11-10-37-8-9-38(16-23(41)43-3)22(15-37)28(32,33)34/h12,14,17,19,22H,4-11,15-16H2,1-3H3/t17?,19?,22-/m1/s1. The maximum absolute atomic E-state index is 13.7. The van der Waals surface area contributed by atoms with Crippen LogP contribution in [-0.4, -0.2) is 113 Å². The van der Waals surface area contributed by atoms with Gasteiger partial charge in [0.25, 0.3) is 5.91 Å². The molecule has 1 atom stereocenters. The second-order valence-corrected chi connectivity index (χ2v) is 12.1. The number of pyridine rings is 1. The molecule has 1 aromatic heterocycles. The molecule has 1 saturated carbocycles. The molecule has 0 unspecified atom stereocenters. The number of piperazine rings is 1. The molecule has 17 heteroatoms. The Bertz CT molecular complexity index is 1330. The van der Waals surface area contributed by atoms with Crippen LogP contribution in [0.3, 0.4) is 0 Å². The number of ether oxygens (including phenoxy) is 2. The van der Waals surface area contributed by atoms with Gasteiger partial charge in [-0.2, -0.15) is 31.6 Å². The number of hydrogen-bond acceptors (Lipinski definition) is 9. The molecule has 0 spiro atoms. The molecule has 0 aromatic carbocycles. The second-order valence-electron chi connectivity index (χ2n) is 11.8. The smallest absolute Gasteiger partial charge is 0.419 e. The van der Waals surface area contributed by atoms with Crippen molar-refractivity contribution in [2.24, 2.45) is 0 Å². The summed E-state index contributed by atoms with van der Waals surface area (Å²) in [5, 5.41) is 9.11. The minimum Gasteiger partial charge on any atom is -0.468 e. The zero-order valence-corrected chi connectivity index (χ0v) is 25.8. The van der Waals surface area contributed by atoms with Gasteiger partial charge >= 0.3 is 18.3 Å². The largest absolute Gasteiger partial charge is 0.468 e. The number of rotatable bonds is 8. The van der Waals surface area contributed by atoms with E-state index >= 15 is 0 Å². The molecular formula is C28H34F6N6O4S. The van der Waals surface area contributed by atoms with Crippen molar-refractivity contribution in [3.05, 3.63) is 23.5 Å². The van der Waals surface area contributed by atoms with E-state index in [0.29, 0.717) is 38.3 Å². The van der Waals surface area contributed by atoms with E-state index in [-0.39, 0.29) is 49.2 Å². The van der Waals surface area contributed by atoms with E-state index in [4.69, 9.17) is 22.2 Å². The average Bonchev–Trinajstić information content (AvgIpc) is 3.15. The highest BCUT2D eigenvalue weighted by atomic mass is 32.1. The van der Waals surface area contributed by atoms with Crippen molar-refractivity contribution in [2.45, 2.75) is 75.6 Å². The summed E-state index contributed by atoms with van der Waals surface area (Å²) in [4.78, 5) is 34.1. The number of aromatic nitrogens is 1. The molecule has 0 N–H and O–H groups in total. The Morgan fingerprint density at radius 2 is 1.82 bits per heavy atom. The van der Waals surface area contributed by atoms with Crippen LogP contribution in [0.2, 0.25) is 0 Å². The number of nitrogens with zero attached hydrogens (tertiary/aromatic N) is 6. The van der Waals surface area contributed by atoms with E-state index in [1.54, 1.807) is 23.6 Å². The number of anilines is 1. The van der Waals surface area contributed by atoms with Crippen LogP contribution in [-0.2, 0) is 25.2 Å². The summed E-state index contributed by atoms with van der Waals surface area (Å²) in [5.74, 6) is -1.25. The lowest BCUT2D eigenvalue weighted by Crippen LogP contribution is -2.60. The summed E-state index contributed by atoms with van der Waals surface area (Å²) in [6, 6.07) is 0.124. The number of methoxy groups -OCH3 is 1. The summed E-state index contributed by atoms with van der Waals surface area (Å²) >= 11 is 5.61. The fourth-order valence-electron chi connectivity index (χ4n) is 6.16. The number of alkyl halides is 6. The number of carbonyl (C=O) groups is 2. The molecular weight excluding hydrogens is 630 g/mol. The fraction of sp³-hybridized carbons (Fsp3) is 0.679. The van der Waals surface area contributed by atoms with Crippen LogP contribution in [0.4, 0.5) is 32.0 Å².